The van der Waals surface area contributed by atoms with Crippen LogP contribution in [0.4, 0.5) is 17.1 Å². The summed E-state index contributed by atoms with van der Waals surface area (Å²) in [6, 6.07) is 14.9. The molecule has 0 radical (unpaired) electrons. The van der Waals surface area contributed by atoms with Gasteiger partial charge in [-0.05, 0) is 53.9 Å². The second-order valence-electron chi connectivity index (χ2n) is 12.0. The van der Waals surface area contributed by atoms with Gasteiger partial charge < -0.3 is 17.2 Å². The lowest BCUT2D eigenvalue weighted by Gasteiger charge is -2.11. The summed E-state index contributed by atoms with van der Waals surface area (Å²) in [6.45, 7) is 0. The van der Waals surface area contributed by atoms with Crippen molar-refractivity contribution in [3.63, 3.8) is 0 Å². The topological polar surface area (TPSA) is 459 Å². The van der Waals surface area contributed by atoms with Crippen LogP contribution in [0.1, 0.15) is 0 Å². The van der Waals surface area contributed by atoms with Crippen LogP contribution in [0.15, 0.2) is 119 Å². The standard InChI is InChI=1S/C10H9NO9S3.2C10H9NO6S2/c11-8-2-1-6-7(10(8)23(18,19)20)3-5(21(12,13)14)4-9(6)22(15,16)17;11-9-4-1-6-5-7(18(12,13)14)2-3-8(6)10(9)19(15,16)17;11-8-5-4-6-7(10(8)19(15,16)17)2-1-3-9(6)18(12,13)14/h1-4H,11H2,(H,12,13,14)(H,15,16,17)(H,18,19,20);2*1-5H,11H2,(H,12,13,14)(H,15,16,17). The molecule has 0 unspecified atom stereocenters. The molecule has 330 valence electrons. The van der Waals surface area contributed by atoms with Crippen LogP contribution in [0.3, 0.4) is 0 Å². The van der Waals surface area contributed by atoms with Crippen molar-refractivity contribution in [1.29, 1.82) is 0 Å². The van der Waals surface area contributed by atoms with Crippen LogP contribution in [0.25, 0.3) is 32.3 Å². The zero-order valence-corrected chi connectivity index (χ0v) is 35.2. The van der Waals surface area contributed by atoms with Gasteiger partial charge in [0.15, 0.2) is 0 Å². The van der Waals surface area contributed by atoms with Crippen molar-refractivity contribution in [2.75, 3.05) is 17.2 Å². The predicted molar refractivity (Wildman–Crippen MR) is 214 cm³/mol. The molecular weight excluding hydrogens is 963 g/mol. The van der Waals surface area contributed by atoms with E-state index in [-0.39, 0.29) is 37.8 Å². The molecule has 0 amide bonds. The normalized spacial score (nSPS) is 13.0. The van der Waals surface area contributed by atoms with Crippen molar-refractivity contribution in [2.24, 2.45) is 0 Å². The lowest BCUT2D eigenvalue weighted by atomic mass is 10.1. The van der Waals surface area contributed by atoms with Crippen LogP contribution < -0.4 is 17.2 Å². The minimum Gasteiger partial charge on any atom is -0.398 e. The van der Waals surface area contributed by atoms with E-state index >= 15 is 0 Å². The Bertz CT molecular complexity index is 3640. The Balaban J connectivity index is 0.000000203. The zero-order valence-electron chi connectivity index (χ0n) is 29.5. The van der Waals surface area contributed by atoms with Crippen LogP contribution >= 0.6 is 0 Å². The summed E-state index contributed by atoms with van der Waals surface area (Å²) in [7, 11) is -33.0. The largest absolute Gasteiger partial charge is 0.398 e. The van der Waals surface area contributed by atoms with Gasteiger partial charge in [-0.3, -0.25) is 31.9 Å². The van der Waals surface area contributed by atoms with Crippen molar-refractivity contribution < 1.29 is 90.8 Å². The smallest absolute Gasteiger partial charge is 0.297 e. The highest BCUT2D eigenvalue weighted by molar-refractivity contribution is 7.88. The molecule has 0 atom stereocenters. The second kappa shape index (κ2) is 16.3. The first kappa shape index (κ1) is 48.5. The van der Waals surface area contributed by atoms with Gasteiger partial charge in [-0.2, -0.15) is 58.9 Å². The van der Waals surface area contributed by atoms with E-state index in [0.29, 0.717) is 12.1 Å². The van der Waals surface area contributed by atoms with Crippen LogP contribution in [-0.2, 0) is 70.8 Å². The Labute approximate surface area is 345 Å². The maximum atomic E-state index is 11.4. The third kappa shape index (κ3) is 10.9. The minimum absolute atomic E-state index is 0.0492. The maximum Gasteiger partial charge on any atom is 0.297 e. The maximum absolute atomic E-state index is 11.4. The molecule has 6 aromatic carbocycles. The van der Waals surface area contributed by atoms with Gasteiger partial charge in [0.05, 0.1) is 26.9 Å². The summed E-state index contributed by atoms with van der Waals surface area (Å²) in [5.74, 6) is 0. The highest BCUT2D eigenvalue weighted by Gasteiger charge is 2.27. The van der Waals surface area contributed by atoms with Crippen molar-refractivity contribution in [3.8, 4) is 0 Å². The van der Waals surface area contributed by atoms with Crippen LogP contribution in [0.5, 0.6) is 0 Å². The van der Waals surface area contributed by atoms with Gasteiger partial charge in [-0.15, -0.1) is 0 Å². The molecule has 13 N–H and O–H groups in total. The average molecular weight is 990 g/mol. The average Bonchev–Trinajstić information content (AvgIpc) is 3.07. The Kier molecular flexibility index (Phi) is 13.0. The van der Waals surface area contributed by atoms with E-state index in [4.69, 9.17) is 40.0 Å². The number of anilines is 3. The third-order valence-electron chi connectivity index (χ3n) is 7.95. The molecule has 61 heavy (non-hydrogen) atoms. The Hall–Kier alpha value is -5.13. The fraction of sp³-hybridized carbons (Fsp3) is 0. The first-order chi connectivity index (χ1) is 27.5. The number of rotatable bonds is 7. The van der Waals surface area contributed by atoms with Crippen LogP contribution in [0, 0.1) is 0 Å². The molecule has 0 saturated heterocycles. The second-order valence-corrected chi connectivity index (χ2v) is 21.7. The van der Waals surface area contributed by atoms with Gasteiger partial charge in [0.2, 0.25) is 0 Å². The number of hydrogen-bond donors (Lipinski definition) is 10. The highest BCUT2D eigenvalue weighted by Crippen LogP contribution is 2.36. The highest BCUT2D eigenvalue weighted by atomic mass is 32.2. The fourth-order valence-electron chi connectivity index (χ4n) is 5.59. The number of fused-ring (bicyclic) bond motifs is 3. The number of hydrogen-bond acceptors (Lipinski definition) is 17. The van der Waals surface area contributed by atoms with Crippen molar-refractivity contribution in [2.45, 2.75) is 34.3 Å². The lowest BCUT2D eigenvalue weighted by molar-refractivity contribution is 0.477. The van der Waals surface area contributed by atoms with E-state index < -0.39 is 117 Å². The van der Waals surface area contributed by atoms with E-state index in [2.05, 4.69) is 0 Å². The molecule has 0 aromatic heterocycles. The molecule has 0 fully saturated rings. The van der Waals surface area contributed by atoms with E-state index in [1.807, 2.05) is 0 Å². The molecular formula is C30H27N3O21S7. The van der Waals surface area contributed by atoms with E-state index in [0.717, 1.165) is 42.5 Å². The van der Waals surface area contributed by atoms with Crippen molar-refractivity contribution in [3.05, 3.63) is 84.9 Å². The van der Waals surface area contributed by atoms with Gasteiger partial charge in [-0.25, -0.2) is 0 Å². The molecule has 0 aliphatic carbocycles. The minimum atomic E-state index is -4.98. The molecule has 6 aromatic rings. The molecule has 0 saturated carbocycles. The molecule has 0 aliphatic heterocycles. The summed E-state index contributed by atoms with van der Waals surface area (Å²) >= 11 is 0. The van der Waals surface area contributed by atoms with Gasteiger partial charge in [0.1, 0.15) is 24.5 Å². The lowest BCUT2D eigenvalue weighted by Crippen LogP contribution is -2.08. The summed E-state index contributed by atoms with van der Waals surface area (Å²) in [6.07, 6.45) is 0. The fourth-order valence-corrected chi connectivity index (χ4v) is 10.6. The van der Waals surface area contributed by atoms with E-state index in [1.165, 1.54) is 30.3 Å². The first-order valence-electron chi connectivity index (χ1n) is 15.3. The van der Waals surface area contributed by atoms with E-state index in [9.17, 15) is 68.0 Å². The molecule has 6 rings (SSSR count). The van der Waals surface area contributed by atoms with Crippen LogP contribution in [-0.4, -0.2) is 90.8 Å². The van der Waals surface area contributed by atoms with Crippen molar-refractivity contribution >= 4 is 120 Å². The first-order valence-corrected chi connectivity index (χ1v) is 25.4. The predicted octanol–water partition coefficient (Wildman–Crippen LogP) is 1.99. The summed E-state index contributed by atoms with van der Waals surface area (Å²) in [5, 5.41) is -0.881. The molecule has 24 nitrogen and oxygen atoms in total. The Morgan fingerprint density at radius 1 is 0.311 bits per heavy atom. The molecule has 0 spiro atoms. The summed E-state index contributed by atoms with van der Waals surface area (Å²) < 4.78 is 221. The summed E-state index contributed by atoms with van der Waals surface area (Å²) in [4.78, 5) is -4.87. The number of benzene rings is 6. The third-order valence-corrected chi connectivity index (χ3v) is 14.4. The number of nitrogens with two attached hydrogens (primary N) is 3. The zero-order chi connectivity index (χ0) is 46.6. The molecule has 0 aliphatic rings. The SMILES string of the molecule is Nc1ccc2c(S(=O)(=O)O)cc(S(=O)(=O)O)cc2c1S(=O)(=O)O.Nc1ccc2c(S(=O)(=O)O)cccc2c1S(=O)(=O)O.Nc1ccc2cc(S(=O)(=O)O)ccc2c1S(=O)(=O)O. The monoisotopic (exact) mass is 989 g/mol. The summed E-state index contributed by atoms with van der Waals surface area (Å²) in [5.41, 5.74) is 15.5. The van der Waals surface area contributed by atoms with E-state index in [1.54, 1.807) is 0 Å². The van der Waals surface area contributed by atoms with Gasteiger partial charge in [0, 0.05) is 26.9 Å². The Morgan fingerprint density at radius 2 is 0.705 bits per heavy atom. The number of nitrogen functional groups attached to an aromatic ring is 3. The molecule has 0 bridgehead atoms. The van der Waals surface area contributed by atoms with Gasteiger partial charge >= 0.3 is 0 Å². The Morgan fingerprint density at radius 3 is 1.13 bits per heavy atom. The van der Waals surface area contributed by atoms with Crippen molar-refractivity contribution in [1.82, 2.24) is 0 Å². The van der Waals surface area contributed by atoms with Gasteiger partial charge in [0.25, 0.3) is 70.8 Å². The van der Waals surface area contributed by atoms with Gasteiger partial charge in [-0.1, -0.05) is 36.4 Å². The van der Waals surface area contributed by atoms with Crippen LogP contribution in [0.2, 0.25) is 0 Å². The molecule has 31 heteroatoms. The quantitative estimate of drug-likeness (QED) is 0.0807. The molecule has 0 heterocycles.